The molecule has 0 bridgehead atoms. The Balaban J connectivity index is 1.83. The van der Waals surface area contributed by atoms with Crippen LogP contribution in [0.2, 0.25) is 0 Å². The number of amides is 1. The zero-order valence-corrected chi connectivity index (χ0v) is 14.5. The van der Waals surface area contributed by atoms with Gasteiger partial charge in [-0.25, -0.2) is 13.6 Å². The second-order valence-electron chi connectivity index (χ2n) is 5.81. The quantitative estimate of drug-likeness (QED) is 0.632. The Labute approximate surface area is 150 Å². The summed E-state index contributed by atoms with van der Waals surface area (Å²) in [5, 5.41) is 2.49. The standard InChI is InChI=1S/C20H19F2NO3/c1-13-4-3-5-15(10-13)6-9-20(25)26-12-19(24)23-14(2)17-8-7-16(21)11-18(17)22/h3-11,14H,12H2,1-2H3,(H,23,24)/b9-6+/t14-/m0/s1. The van der Waals surface area contributed by atoms with E-state index in [1.54, 1.807) is 13.0 Å². The summed E-state index contributed by atoms with van der Waals surface area (Å²) in [4.78, 5) is 23.5. The molecule has 0 fully saturated rings. The van der Waals surface area contributed by atoms with Crippen molar-refractivity contribution in [2.24, 2.45) is 0 Å². The Hall–Kier alpha value is -3.02. The van der Waals surface area contributed by atoms with Crippen LogP contribution in [-0.4, -0.2) is 18.5 Å². The van der Waals surface area contributed by atoms with Crippen LogP contribution in [0.25, 0.3) is 6.08 Å². The van der Waals surface area contributed by atoms with Crippen molar-refractivity contribution in [3.05, 3.63) is 76.9 Å². The minimum Gasteiger partial charge on any atom is -0.452 e. The van der Waals surface area contributed by atoms with E-state index in [-0.39, 0.29) is 5.56 Å². The minimum atomic E-state index is -0.754. The lowest BCUT2D eigenvalue weighted by Crippen LogP contribution is -2.31. The Bertz CT molecular complexity index is 834. The van der Waals surface area contributed by atoms with Crippen molar-refractivity contribution in [1.82, 2.24) is 5.32 Å². The van der Waals surface area contributed by atoms with Gasteiger partial charge in [0, 0.05) is 17.7 Å². The van der Waals surface area contributed by atoms with E-state index in [9.17, 15) is 18.4 Å². The highest BCUT2D eigenvalue weighted by Gasteiger charge is 2.15. The first-order valence-corrected chi connectivity index (χ1v) is 8.01. The number of ether oxygens (including phenoxy) is 1. The summed E-state index contributed by atoms with van der Waals surface area (Å²) in [6.07, 6.45) is 2.81. The molecule has 0 saturated carbocycles. The Morgan fingerprint density at radius 2 is 1.96 bits per heavy atom. The van der Waals surface area contributed by atoms with Crippen molar-refractivity contribution in [3.63, 3.8) is 0 Å². The first-order valence-electron chi connectivity index (χ1n) is 8.01. The number of nitrogens with one attached hydrogen (secondary N) is 1. The van der Waals surface area contributed by atoms with E-state index in [1.165, 1.54) is 12.1 Å². The third-order valence-corrected chi connectivity index (χ3v) is 3.61. The molecule has 2 aromatic rings. The molecule has 4 nitrogen and oxygen atoms in total. The summed E-state index contributed by atoms with van der Waals surface area (Å²) >= 11 is 0. The number of hydrogen-bond donors (Lipinski definition) is 1. The fourth-order valence-electron chi connectivity index (χ4n) is 2.34. The van der Waals surface area contributed by atoms with Crippen LogP contribution < -0.4 is 5.32 Å². The van der Waals surface area contributed by atoms with Crippen molar-refractivity contribution in [1.29, 1.82) is 0 Å². The molecule has 0 aliphatic carbocycles. The number of rotatable bonds is 6. The van der Waals surface area contributed by atoms with Crippen molar-refractivity contribution >= 4 is 18.0 Å². The largest absolute Gasteiger partial charge is 0.452 e. The molecule has 6 heteroatoms. The molecule has 1 atom stereocenters. The molecule has 0 saturated heterocycles. The zero-order valence-electron chi connectivity index (χ0n) is 14.5. The molecule has 0 aliphatic rings. The summed E-state index contributed by atoms with van der Waals surface area (Å²) < 4.78 is 31.4. The highest BCUT2D eigenvalue weighted by atomic mass is 19.1. The van der Waals surface area contributed by atoms with Crippen LogP contribution in [0.3, 0.4) is 0 Å². The van der Waals surface area contributed by atoms with Gasteiger partial charge in [-0.1, -0.05) is 35.9 Å². The molecular formula is C20H19F2NO3. The van der Waals surface area contributed by atoms with E-state index in [1.807, 2.05) is 31.2 Å². The van der Waals surface area contributed by atoms with E-state index < -0.39 is 36.2 Å². The van der Waals surface area contributed by atoms with Gasteiger partial charge >= 0.3 is 5.97 Å². The van der Waals surface area contributed by atoms with Crippen molar-refractivity contribution in [2.45, 2.75) is 19.9 Å². The zero-order chi connectivity index (χ0) is 19.1. The number of hydrogen-bond acceptors (Lipinski definition) is 3. The maximum absolute atomic E-state index is 13.7. The van der Waals surface area contributed by atoms with Crippen LogP contribution in [0.4, 0.5) is 8.78 Å². The van der Waals surface area contributed by atoms with Gasteiger partial charge in [-0.15, -0.1) is 0 Å². The monoisotopic (exact) mass is 359 g/mol. The van der Waals surface area contributed by atoms with Gasteiger partial charge < -0.3 is 10.1 Å². The highest BCUT2D eigenvalue weighted by Crippen LogP contribution is 2.17. The van der Waals surface area contributed by atoms with E-state index in [2.05, 4.69) is 5.32 Å². The van der Waals surface area contributed by atoms with Gasteiger partial charge in [0.2, 0.25) is 0 Å². The van der Waals surface area contributed by atoms with E-state index in [0.29, 0.717) is 0 Å². The normalized spacial score (nSPS) is 12.0. The molecule has 1 amide bonds. The average molecular weight is 359 g/mol. The summed E-state index contributed by atoms with van der Waals surface area (Å²) in [7, 11) is 0. The SMILES string of the molecule is Cc1cccc(/C=C/C(=O)OCC(=O)N[C@@H](C)c2ccc(F)cc2F)c1. The van der Waals surface area contributed by atoms with Gasteiger partial charge in [0.25, 0.3) is 5.91 Å². The van der Waals surface area contributed by atoms with E-state index >= 15 is 0 Å². The van der Waals surface area contributed by atoms with Crippen molar-refractivity contribution < 1.29 is 23.1 Å². The Morgan fingerprint density at radius 1 is 1.19 bits per heavy atom. The predicted molar refractivity (Wildman–Crippen MR) is 94.1 cm³/mol. The average Bonchev–Trinajstić information content (AvgIpc) is 2.58. The lowest BCUT2D eigenvalue weighted by Gasteiger charge is -2.15. The van der Waals surface area contributed by atoms with Crippen LogP contribution >= 0.6 is 0 Å². The molecule has 0 heterocycles. The third kappa shape index (κ3) is 5.81. The first kappa shape index (κ1) is 19.3. The predicted octanol–water partition coefficient (Wildman–Crippen LogP) is 3.71. The van der Waals surface area contributed by atoms with Crippen molar-refractivity contribution in [2.75, 3.05) is 6.61 Å². The van der Waals surface area contributed by atoms with Crippen LogP contribution in [0.15, 0.2) is 48.5 Å². The lowest BCUT2D eigenvalue weighted by atomic mass is 10.1. The molecule has 136 valence electrons. The fraction of sp³-hybridized carbons (Fsp3) is 0.200. The molecule has 2 aromatic carbocycles. The van der Waals surface area contributed by atoms with Crippen molar-refractivity contribution in [3.8, 4) is 0 Å². The van der Waals surface area contributed by atoms with Gasteiger partial charge in [-0.05, 0) is 31.6 Å². The fourth-order valence-corrected chi connectivity index (χ4v) is 2.34. The van der Waals surface area contributed by atoms with Crippen LogP contribution in [0, 0.1) is 18.6 Å². The second-order valence-corrected chi connectivity index (χ2v) is 5.81. The van der Waals surface area contributed by atoms with Gasteiger partial charge in [-0.3, -0.25) is 4.79 Å². The maximum Gasteiger partial charge on any atom is 0.331 e. The molecule has 2 rings (SSSR count). The first-order chi connectivity index (χ1) is 12.3. The number of aryl methyl sites for hydroxylation is 1. The lowest BCUT2D eigenvalue weighted by molar-refractivity contribution is -0.144. The summed E-state index contributed by atoms with van der Waals surface area (Å²) in [6, 6.07) is 9.95. The number of benzene rings is 2. The number of carbonyl (C=O) groups is 2. The topological polar surface area (TPSA) is 55.4 Å². The molecule has 0 unspecified atom stereocenters. The van der Waals surface area contributed by atoms with E-state index in [4.69, 9.17) is 4.74 Å². The number of halogens is 2. The Kier molecular flexibility index (Phi) is 6.60. The van der Waals surface area contributed by atoms with Gasteiger partial charge in [0.05, 0.1) is 6.04 Å². The molecule has 1 N–H and O–H groups in total. The second kappa shape index (κ2) is 8.89. The van der Waals surface area contributed by atoms with Crippen LogP contribution in [0.5, 0.6) is 0 Å². The third-order valence-electron chi connectivity index (χ3n) is 3.61. The van der Waals surface area contributed by atoms with Gasteiger partial charge in [0.15, 0.2) is 6.61 Å². The van der Waals surface area contributed by atoms with Gasteiger partial charge in [-0.2, -0.15) is 0 Å². The highest BCUT2D eigenvalue weighted by molar-refractivity contribution is 5.89. The Morgan fingerprint density at radius 3 is 2.65 bits per heavy atom. The summed E-state index contributed by atoms with van der Waals surface area (Å²) in [5.41, 5.74) is 2.04. The molecule has 0 radical (unpaired) electrons. The number of esters is 1. The molecule has 0 aromatic heterocycles. The van der Waals surface area contributed by atoms with Crippen LogP contribution in [0.1, 0.15) is 29.7 Å². The summed E-state index contributed by atoms with van der Waals surface area (Å²) in [5.74, 6) is -2.70. The smallest absolute Gasteiger partial charge is 0.331 e. The molecule has 26 heavy (non-hydrogen) atoms. The van der Waals surface area contributed by atoms with Crippen LogP contribution in [-0.2, 0) is 14.3 Å². The molecule has 0 spiro atoms. The number of carbonyl (C=O) groups excluding carboxylic acids is 2. The van der Waals surface area contributed by atoms with E-state index in [0.717, 1.165) is 23.3 Å². The molecular weight excluding hydrogens is 340 g/mol. The summed E-state index contributed by atoms with van der Waals surface area (Å²) in [6.45, 7) is 2.99. The maximum atomic E-state index is 13.7. The van der Waals surface area contributed by atoms with Gasteiger partial charge in [0.1, 0.15) is 11.6 Å². The minimum absolute atomic E-state index is 0.144. The molecule has 0 aliphatic heterocycles.